The molecule has 4 nitrogen and oxygen atoms in total. The van der Waals surface area contributed by atoms with Crippen molar-refractivity contribution in [2.45, 2.75) is 30.5 Å². The molecule has 9 heteroatoms. The number of rotatable bonds is 8. The lowest BCUT2D eigenvalue weighted by Gasteiger charge is -2.16. The first kappa shape index (κ1) is 22.0. The fraction of sp³-hybridized carbons (Fsp3) is 0.200. The molecular weight excluding hydrogens is 456 g/mol. The highest BCUT2D eigenvalue weighted by atomic mass is 35.5. The molecule has 0 amide bonds. The fourth-order valence-corrected chi connectivity index (χ4v) is 4.33. The summed E-state index contributed by atoms with van der Waals surface area (Å²) >= 11 is 19.7. The van der Waals surface area contributed by atoms with Crippen LogP contribution in [0.2, 0.25) is 15.1 Å². The average molecular weight is 473 g/mol. The van der Waals surface area contributed by atoms with E-state index in [0.29, 0.717) is 44.1 Å². The molecular formula is C20H17Cl3FN3OS. The normalized spacial score (nSPS) is 12.0. The van der Waals surface area contributed by atoms with Gasteiger partial charge >= 0.3 is 0 Å². The quantitative estimate of drug-likeness (QED) is 0.261. The van der Waals surface area contributed by atoms with Gasteiger partial charge in [-0.1, -0.05) is 58.7 Å². The van der Waals surface area contributed by atoms with Crippen molar-refractivity contribution in [3.05, 3.63) is 81.3 Å². The predicted octanol–water partition coefficient (Wildman–Crippen LogP) is 7.00. The maximum atomic E-state index is 13.2. The van der Waals surface area contributed by atoms with Crippen LogP contribution in [-0.4, -0.2) is 14.8 Å². The highest BCUT2D eigenvalue weighted by Crippen LogP contribution is 2.32. The number of thioether (sulfide) groups is 1. The van der Waals surface area contributed by atoms with Crippen LogP contribution in [0.4, 0.5) is 4.39 Å². The first-order valence-corrected chi connectivity index (χ1v) is 10.7. The van der Waals surface area contributed by atoms with E-state index in [0.717, 1.165) is 5.56 Å². The van der Waals surface area contributed by atoms with E-state index in [2.05, 4.69) is 16.8 Å². The van der Waals surface area contributed by atoms with Crippen molar-refractivity contribution in [3.8, 4) is 5.75 Å². The molecule has 2 aromatic carbocycles. The molecule has 0 radical (unpaired) electrons. The smallest absolute Gasteiger partial charge is 0.191 e. The van der Waals surface area contributed by atoms with Gasteiger partial charge in [0.05, 0.1) is 5.02 Å². The van der Waals surface area contributed by atoms with Crippen molar-refractivity contribution < 1.29 is 9.13 Å². The maximum absolute atomic E-state index is 13.2. The predicted molar refractivity (Wildman–Crippen MR) is 117 cm³/mol. The number of hydrogen-bond acceptors (Lipinski definition) is 4. The van der Waals surface area contributed by atoms with Gasteiger partial charge in [-0.25, -0.2) is 4.39 Å². The van der Waals surface area contributed by atoms with Gasteiger partial charge in [0.25, 0.3) is 0 Å². The number of hydrogen-bond donors (Lipinski definition) is 0. The average Bonchev–Trinajstić information content (AvgIpc) is 3.06. The number of ether oxygens (including phenoxy) is 1. The zero-order chi connectivity index (χ0) is 21.0. The Labute approximate surface area is 187 Å². The Hall–Kier alpha value is -1.73. The third-order valence-corrected chi connectivity index (χ3v) is 5.89. The van der Waals surface area contributed by atoms with Gasteiger partial charge in [0, 0.05) is 22.3 Å². The van der Waals surface area contributed by atoms with Crippen molar-refractivity contribution in [1.29, 1.82) is 0 Å². The Morgan fingerprint density at radius 2 is 1.97 bits per heavy atom. The molecule has 0 spiro atoms. The van der Waals surface area contributed by atoms with Crippen molar-refractivity contribution in [2.24, 2.45) is 0 Å². The molecule has 0 N–H and O–H groups in total. The minimum Gasteiger partial charge on any atom is -0.481 e. The zero-order valence-corrected chi connectivity index (χ0v) is 18.5. The van der Waals surface area contributed by atoms with E-state index in [-0.39, 0.29) is 5.82 Å². The lowest BCUT2D eigenvalue weighted by atomic mass is 10.2. The molecule has 0 bridgehead atoms. The first-order chi connectivity index (χ1) is 13.9. The van der Waals surface area contributed by atoms with Gasteiger partial charge in [-0.3, -0.25) is 4.57 Å². The summed E-state index contributed by atoms with van der Waals surface area (Å²) in [5.41, 5.74) is 0.810. The van der Waals surface area contributed by atoms with E-state index in [1.165, 1.54) is 23.9 Å². The molecule has 152 valence electrons. The summed E-state index contributed by atoms with van der Waals surface area (Å²) in [6.07, 6.45) is 1.34. The van der Waals surface area contributed by atoms with Crippen LogP contribution in [0.25, 0.3) is 0 Å². The van der Waals surface area contributed by atoms with E-state index >= 15 is 0 Å². The molecule has 0 aliphatic heterocycles. The fourth-order valence-electron chi connectivity index (χ4n) is 2.60. The summed E-state index contributed by atoms with van der Waals surface area (Å²) in [6.45, 7) is 6.17. The van der Waals surface area contributed by atoms with Crippen LogP contribution in [0, 0.1) is 5.82 Å². The van der Waals surface area contributed by atoms with E-state index < -0.39 is 6.10 Å². The second-order valence-corrected chi connectivity index (χ2v) is 8.29. The first-order valence-electron chi connectivity index (χ1n) is 8.61. The summed E-state index contributed by atoms with van der Waals surface area (Å²) in [6, 6.07) is 9.37. The van der Waals surface area contributed by atoms with Crippen molar-refractivity contribution >= 4 is 46.6 Å². The topological polar surface area (TPSA) is 39.9 Å². The minimum absolute atomic E-state index is 0.368. The molecule has 1 atom stereocenters. The van der Waals surface area contributed by atoms with Crippen molar-refractivity contribution in [2.75, 3.05) is 0 Å². The Morgan fingerprint density at radius 1 is 1.17 bits per heavy atom. The summed E-state index contributed by atoms with van der Waals surface area (Å²) in [5, 5.41) is 10.6. The summed E-state index contributed by atoms with van der Waals surface area (Å²) in [5.74, 6) is 1.28. The minimum atomic E-state index is -0.412. The summed E-state index contributed by atoms with van der Waals surface area (Å²) < 4.78 is 21.1. The van der Waals surface area contributed by atoms with E-state index in [1.807, 2.05) is 11.5 Å². The summed E-state index contributed by atoms with van der Waals surface area (Å²) in [7, 11) is 0. The van der Waals surface area contributed by atoms with Crippen LogP contribution in [0.3, 0.4) is 0 Å². The van der Waals surface area contributed by atoms with Crippen LogP contribution >= 0.6 is 46.6 Å². The number of allylic oxidation sites excluding steroid dienone is 1. The molecule has 1 aromatic heterocycles. The standard InChI is InChI=1S/C20H17Cl3FN3OS/c1-3-8-27-19(12(2)28-18-7-5-14(21)9-17(18)23)25-26-20(27)29-11-13-4-6-15(24)10-16(13)22/h3-7,9-10,12H,1,8,11H2,2H3. The largest absolute Gasteiger partial charge is 0.481 e. The molecule has 3 rings (SSSR count). The Balaban J connectivity index is 1.79. The number of aromatic nitrogens is 3. The second-order valence-electron chi connectivity index (χ2n) is 6.10. The third kappa shape index (κ3) is 5.45. The molecule has 29 heavy (non-hydrogen) atoms. The van der Waals surface area contributed by atoms with E-state index in [9.17, 15) is 4.39 Å². The van der Waals surface area contributed by atoms with Crippen molar-refractivity contribution in [1.82, 2.24) is 14.8 Å². The molecule has 1 heterocycles. The lowest BCUT2D eigenvalue weighted by Crippen LogP contribution is -2.12. The van der Waals surface area contributed by atoms with Crippen molar-refractivity contribution in [3.63, 3.8) is 0 Å². The van der Waals surface area contributed by atoms with Crippen LogP contribution in [0.1, 0.15) is 24.4 Å². The Bertz CT molecular complexity index is 1030. The van der Waals surface area contributed by atoms with E-state index in [4.69, 9.17) is 39.5 Å². The molecule has 3 aromatic rings. The zero-order valence-electron chi connectivity index (χ0n) is 15.4. The number of nitrogens with zero attached hydrogens (tertiary/aromatic N) is 3. The van der Waals surface area contributed by atoms with Gasteiger partial charge in [0.1, 0.15) is 11.6 Å². The van der Waals surface area contributed by atoms with Crippen LogP contribution in [-0.2, 0) is 12.3 Å². The van der Waals surface area contributed by atoms with Gasteiger partial charge in [0.2, 0.25) is 0 Å². The van der Waals surface area contributed by atoms with Gasteiger partial charge in [-0.2, -0.15) is 0 Å². The maximum Gasteiger partial charge on any atom is 0.191 e. The summed E-state index contributed by atoms with van der Waals surface area (Å²) in [4.78, 5) is 0. The highest BCUT2D eigenvalue weighted by Gasteiger charge is 2.20. The lowest BCUT2D eigenvalue weighted by molar-refractivity contribution is 0.210. The molecule has 1 unspecified atom stereocenters. The van der Waals surface area contributed by atoms with Crippen LogP contribution in [0.5, 0.6) is 5.75 Å². The third-order valence-electron chi connectivity index (χ3n) is 3.99. The molecule has 0 fully saturated rings. The number of halogens is 4. The molecule has 0 saturated carbocycles. The van der Waals surface area contributed by atoms with Crippen LogP contribution in [0.15, 0.2) is 54.2 Å². The number of benzene rings is 2. The SMILES string of the molecule is C=CCn1c(SCc2ccc(F)cc2Cl)nnc1C(C)Oc1ccc(Cl)cc1Cl. The molecule has 0 aliphatic rings. The van der Waals surface area contributed by atoms with Gasteiger partial charge in [0.15, 0.2) is 17.1 Å². The van der Waals surface area contributed by atoms with Gasteiger partial charge in [-0.15, -0.1) is 16.8 Å². The van der Waals surface area contributed by atoms with Crippen LogP contribution < -0.4 is 4.74 Å². The van der Waals surface area contributed by atoms with E-state index in [1.54, 1.807) is 30.3 Å². The monoisotopic (exact) mass is 471 g/mol. The second kappa shape index (κ2) is 9.85. The van der Waals surface area contributed by atoms with Gasteiger partial charge < -0.3 is 4.74 Å². The molecule has 0 saturated heterocycles. The molecule has 0 aliphatic carbocycles. The Kier molecular flexibility index (Phi) is 7.46. The van der Waals surface area contributed by atoms with Gasteiger partial charge in [-0.05, 0) is 42.8 Å². The highest BCUT2D eigenvalue weighted by molar-refractivity contribution is 7.98. The Morgan fingerprint density at radius 3 is 2.66 bits per heavy atom.